The summed E-state index contributed by atoms with van der Waals surface area (Å²) in [6.07, 6.45) is 4.22. The molecule has 0 aliphatic carbocycles. The Morgan fingerprint density at radius 1 is 1.40 bits per heavy atom. The standard InChI is InChI=1S/C10H17NO2S2/c1-13-9(12)5-8-15-10(14)11-6-3-2-4-7-11/h2-8H2,1H3. The van der Waals surface area contributed by atoms with Crippen LogP contribution in [0, 0.1) is 0 Å². The number of thiocarbonyl (C=S) groups is 1. The topological polar surface area (TPSA) is 29.5 Å². The summed E-state index contributed by atoms with van der Waals surface area (Å²) in [4.78, 5) is 13.1. The fourth-order valence-corrected chi connectivity index (χ4v) is 2.73. The molecule has 1 aliphatic heterocycles. The molecule has 0 bridgehead atoms. The monoisotopic (exact) mass is 247 g/mol. The second kappa shape index (κ2) is 7.06. The molecule has 0 saturated carbocycles. The number of carbonyl (C=O) groups excluding carboxylic acids is 1. The molecular weight excluding hydrogens is 230 g/mol. The van der Waals surface area contributed by atoms with Crippen LogP contribution < -0.4 is 0 Å². The first-order valence-electron chi connectivity index (χ1n) is 5.22. The van der Waals surface area contributed by atoms with E-state index in [9.17, 15) is 4.79 Å². The van der Waals surface area contributed by atoms with Crippen LogP contribution in [-0.4, -0.2) is 41.1 Å². The zero-order chi connectivity index (χ0) is 11.1. The van der Waals surface area contributed by atoms with Crippen molar-refractivity contribution < 1.29 is 9.53 Å². The molecule has 0 aromatic carbocycles. The zero-order valence-corrected chi connectivity index (χ0v) is 10.7. The smallest absolute Gasteiger partial charge is 0.306 e. The van der Waals surface area contributed by atoms with E-state index in [2.05, 4.69) is 9.64 Å². The summed E-state index contributed by atoms with van der Waals surface area (Å²) in [6, 6.07) is 0. The van der Waals surface area contributed by atoms with Crippen molar-refractivity contribution in [3.05, 3.63) is 0 Å². The van der Waals surface area contributed by atoms with Gasteiger partial charge in [-0.1, -0.05) is 24.0 Å². The molecule has 1 fully saturated rings. The van der Waals surface area contributed by atoms with E-state index in [0.717, 1.165) is 23.2 Å². The number of esters is 1. The van der Waals surface area contributed by atoms with E-state index in [-0.39, 0.29) is 5.97 Å². The molecule has 0 unspecified atom stereocenters. The van der Waals surface area contributed by atoms with Gasteiger partial charge in [0.05, 0.1) is 13.5 Å². The molecule has 0 amide bonds. The van der Waals surface area contributed by atoms with Crippen molar-refractivity contribution in [2.24, 2.45) is 0 Å². The Morgan fingerprint density at radius 3 is 2.67 bits per heavy atom. The predicted octanol–water partition coefficient (Wildman–Crippen LogP) is 2.05. The van der Waals surface area contributed by atoms with Crippen LogP contribution in [0.2, 0.25) is 0 Å². The van der Waals surface area contributed by atoms with Gasteiger partial charge >= 0.3 is 5.97 Å². The maximum Gasteiger partial charge on any atom is 0.306 e. The molecule has 15 heavy (non-hydrogen) atoms. The van der Waals surface area contributed by atoms with Crippen LogP contribution in [0.15, 0.2) is 0 Å². The van der Waals surface area contributed by atoms with Crippen LogP contribution in [0.5, 0.6) is 0 Å². The average Bonchev–Trinajstić information content (AvgIpc) is 2.29. The van der Waals surface area contributed by atoms with Gasteiger partial charge in [-0.2, -0.15) is 0 Å². The average molecular weight is 247 g/mol. The first kappa shape index (κ1) is 12.8. The Hall–Kier alpha value is -0.290. The molecule has 1 heterocycles. The van der Waals surface area contributed by atoms with Crippen LogP contribution in [0.25, 0.3) is 0 Å². The van der Waals surface area contributed by atoms with E-state index in [4.69, 9.17) is 12.2 Å². The quantitative estimate of drug-likeness (QED) is 0.562. The van der Waals surface area contributed by atoms with Crippen molar-refractivity contribution >= 4 is 34.3 Å². The number of rotatable bonds is 3. The van der Waals surface area contributed by atoms with Crippen LogP contribution in [-0.2, 0) is 9.53 Å². The van der Waals surface area contributed by atoms with Crippen molar-refractivity contribution in [2.75, 3.05) is 26.0 Å². The van der Waals surface area contributed by atoms with Crippen molar-refractivity contribution in [3.63, 3.8) is 0 Å². The molecule has 1 aliphatic rings. The summed E-state index contributed by atoms with van der Waals surface area (Å²) in [5, 5.41) is 0. The van der Waals surface area contributed by atoms with Gasteiger partial charge < -0.3 is 9.64 Å². The normalized spacial score (nSPS) is 16.2. The first-order chi connectivity index (χ1) is 7.24. The molecule has 0 N–H and O–H groups in total. The first-order valence-corrected chi connectivity index (χ1v) is 6.62. The van der Waals surface area contributed by atoms with Gasteiger partial charge in [0.15, 0.2) is 0 Å². The summed E-state index contributed by atoms with van der Waals surface area (Å²) in [5.41, 5.74) is 0. The Kier molecular flexibility index (Phi) is 6.02. The Balaban J connectivity index is 2.14. The summed E-state index contributed by atoms with van der Waals surface area (Å²) >= 11 is 6.88. The number of carbonyl (C=O) groups is 1. The largest absolute Gasteiger partial charge is 0.469 e. The van der Waals surface area contributed by atoms with Crippen LogP contribution >= 0.6 is 24.0 Å². The van der Waals surface area contributed by atoms with E-state index >= 15 is 0 Å². The third kappa shape index (κ3) is 4.84. The minimum atomic E-state index is -0.163. The minimum absolute atomic E-state index is 0.163. The molecule has 3 nitrogen and oxygen atoms in total. The van der Waals surface area contributed by atoms with Crippen molar-refractivity contribution in [3.8, 4) is 0 Å². The molecule has 86 valence electrons. The Labute approximate surface area is 101 Å². The van der Waals surface area contributed by atoms with Gasteiger partial charge in [-0.15, -0.1) is 0 Å². The Bertz CT molecular complexity index is 227. The van der Waals surface area contributed by atoms with Gasteiger partial charge in [-0.05, 0) is 19.3 Å². The van der Waals surface area contributed by atoms with E-state index in [1.807, 2.05) is 0 Å². The van der Waals surface area contributed by atoms with Crippen LogP contribution in [0.3, 0.4) is 0 Å². The third-order valence-corrected chi connectivity index (χ3v) is 3.90. The van der Waals surface area contributed by atoms with Gasteiger partial charge in [0.25, 0.3) is 0 Å². The molecule has 5 heteroatoms. The van der Waals surface area contributed by atoms with Crippen molar-refractivity contribution in [1.82, 2.24) is 4.90 Å². The van der Waals surface area contributed by atoms with Gasteiger partial charge in [0.2, 0.25) is 0 Å². The minimum Gasteiger partial charge on any atom is -0.469 e. The molecule has 0 spiro atoms. The van der Waals surface area contributed by atoms with Crippen LogP contribution in [0.4, 0.5) is 0 Å². The lowest BCUT2D eigenvalue weighted by molar-refractivity contribution is -0.140. The summed E-state index contributed by atoms with van der Waals surface area (Å²) < 4.78 is 5.50. The third-order valence-electron chi connectivity index (χ3n) is 2.37. The molecule has 0 atom stereocenters. The summed E-state index contributed by atoms with van der Waals surface area (Å²) in [7, 11) is 1.41. The van der Waals surface area contributed by atoms with E-state index in [1.54, 1.807) is 11.8 Å². The lowest BCUT2D eigenvalue weighted by atomic mass is 10.1. The number of likely N-dealkylation sites (tertiary alicyclic amines) is 1. The maximum absolute atomic E-state index is 10.9. The van der Waals surface area contributed by atoms with Crippen molar-refractivity contribution in [2.45, 2.75) is 25.7 Å². The fourth-order valence-electron chi connectivity index (χ4n) is 1.49. The highest BCUT2D eigenvalue weighted by atomic mass is 32.2. The molecule has 0 aromatic rings. The van der Waals surface area contributed by atoms with Gasteiger partial charge in [-0.3, -0.25) is 4.79 Å². The van der Waals surface area contributed by atoms with Gasteiger partial charge in [0.1, 0.15) is 4.32 Å². The van der Waals surface area contributed by atoms with E-state index in [1.165, 1.54) is 26.4 Å². The molecule has 1 saturated heterocycles. The highest BCUT2D eigenvalue weighted by Gasteiger charge is 2.13. The number of piperidine rings is 1. The SMILES string of the molecule is COC(=O)CCSC(=S)N1CCCCC1. The van der Waals surface area contributed by atoms with E-state index < -0.39 is 0 Å². The predicted molar refractivity (Wildman–Crippen MR) is 67.1 cm³/mol. The summed E-state index contributed by atoms with van der Waals surface area (Å²) in [5.74, 6) is 0.561. The maximum atomic E-state index is 10.9. The number of methoxy groups -OCH3 is 1. The highest BCUT2D eigenvalue weighted by molar-refractivity contribution is 8.22. The number of hydrogen-bond acceptors (Lipinski definition) is 4. The Morgan fingerprint density at radius 2 is 2.07 bits per heavy atom. The number of ether oxygens (including phenoxy) is 1. The lowest BCUT2D eigenvalue weighted by Gasteiger charge is -2.28. The van der Waals surface area contributed by atoms with E-state index in [0.29, 0.717) is 6.42 Å². The highest BCUT2D eigenvalue weighted by Crippen LogP contribution is 2.16. The second-order valence-corrected chi connectivity index (χ2v) is 5.22. The molecule has 0 aromatic heterocycles. The molecular formula is C10H17NO2S2. The number of thioether (sulfide) groups is 1. The van der Waals surface area contributed by atoms with Gasteiger partial charge in [0, 0.05) is 18.8 Å². The van der Waals surface area contributed by atoms with Crippen molar-refractivity contribution in [1.29, 1.82) is 0 Å². The molecule has 1 rings (SSSR count). The second-order valence-electron chi connectivity index (χ2n) is 3.49. The number of nitrogens with zero attached hydrogens (tertiary/aromatic N) is 1. The fraction of sp³-hybridized carbons (Fsp3) is 0.800. The van der Waals surface area contributed by atoms with Crippen LogP contribution in [0.1, 0.15) is 25.7 Å². The number of hydrogen-bond donors (Lipinski definition) is 0. The summed E-state index contributed by atoms with van der Waals surface area (Å²) in [6.45, 7) is 2.15. The molecule has 0 radical (unpaired) electrons. The zero-order valence-electron chi connectivity index (χ0n) is 9.03. The lowest BCUT2D eigenvalue weighted by Crippen LogP contribution is -2.32. The van der Waals surface area contributed by atoms with Gasteiger partial charge in [-0.25, -0.2) is 0 Å².